The minimum absolute atomic E-state index is 0.0381. The molecule has 35 heavy (non-hydrogen) atoms. The molecule has 1 atom stereocenters. The summed E-state index contributed by atoms with van der Waals surface area (Å²) >= 11 is 6.02. The number of nitrogens with zero attached hydrogens (tertiary/aromatic N) is 1. The SMILES string of the molecule is CC(C)(CCC(C(=O)O)(c1ccccc1)c1ccccc1)N1CC[C@@H](Oc2cccc(Cl)c2O)C1. The average molecular weight is 494 g/mol. The Hall–Kier alpha value is -3.02. The molecule has 0 bridgehead atoms. The molecule has 0 unspecified atom stereocenters. The van der Waals surface area contributed by atoms with Gasteiger partial charge in [-0.05, 0) is 56.4 Å². The number of hydrogen-bond donors (Lipinski definition) is 2. The summed E-state index contributed by atoms with van der Waals surface area (Å²) in [5.74, 6) is -0.492. The monoisotopic (exact) mass is 493 g/mol. The normalized spacial score (nSPS) is 16.8. The number of carboxylic acid groups (broad SMARTS) is 1. The number of ether oxygens (including phenoxy) is 1. The average Bonchev–Trinajstić information content (AvgIpc) is 3.33. The molecule has 1 saturated heterocycles. The Morgan fingerprint density at radius 3 is 2.14 bits per heavy atom. The number of benzene rings is 3. The van der Waals surface area contributed by atoms with E-state index < -0.39 is 11.4 Å². The predicted molar refractivity (Wildman–Crippen MR) is 138 cm³/mol. The first-order chi connectivity index (χ1) is 16.7. The van der Waals surface area contributed by atoms with Crippen LogP contribution in [0.25, 0.3) is 0 Å². The number of phenolic OH excluding ortho intramolecular Hbond substituents is 1. The molecule has 2 N–H and O–H groups in total. The maximum atomic E-state index is 12.9. The molecule has 1 aliphatic heterocycles. The van der Waals surface area contributed by atoms with E-state index in [4.69, 9.17) is 16.3 Å². The van der Waals surface area contributed by atoms with Crippen LogP contribution in [-0.4, -0.2) is 45.8 Å². The van der Waals surface area contributed by atoms with E-state index in [1.54, 1.807) is 18.2 Å². The van der Waals surface area contributed by atoms with E-state index in [1.165, 1.54) is 0 Å². The third kappa shape index (κ3) is 5.16. The number of likely N-dealkylation sites (tertiary alicyclic amines) is 1. The Bertz CT molecular complexity index is 1110. The second-order valence-electron chi connectivity index (χ2n) is 9.82. The van der Waals surface area contributed by atoms with Gasteiger partial charge in [0.05, 0.1) is 5.02 Å². The molecular formula is C29H32ClNO4. The van der Waals surface area contributed by atoms with Gasteiger partial charge < -0.3 is 14.9 Å². The first kappa shape index (κ1) is 25.1. The van der Waals surface area contributed by atoms with Crippen molar-refractivity contribution in [1.82, 2.24) is 4.90 Å². The van der Waals surface area contributed by atoms with Crippen LogP contribution >= 0.6 is 11.6 Å². The largest absolute Gasteiger partial charge is 0.503 e. The van der Waals surface area contributed by atoms with Gasteiger partial charge in [0, 0.05) is 18.6 Å². The summed E-state index contributed by atoms with van der Waals surface area (Å²) in [6, 6.07) is 24.1. The Labute approximate surface area is 211 Å². The van der Waals surface area contributed by atoms with Crippen molar-refractivity contribution in [3.8, 4) is 11.5 Å². The highest BCUT2D eigenvalue weighted by Gasteiger charge is 2.44. The summed E-state index contributed by atoms with van der Waals surface area (Å²) in [5.41, 5.74) is 0.183. The molecule has 3 aromatic rings. The lowest BCUT2D eigenvalue weighted by Gasteiger charge is -2.39. The molecule has 0 radical (unpaired) electrons. The quantitative estimate of drug-likeness (QED) is 0.375. The molecule has 6 heteroatoms. The van der Waals surface area contributed by atoms with E-state index >= 15 is 0 Å². The molecular weight excluding hydrogens is 462 g/mol. The molecule has 1 aliphatic rings. The lowest BCUT2D eigenvalue weighted by Crippen LogP contribution is -2.46. The molecule has 0 aromatic heterocycles. The molecule has 0 spiro atoms. The second-order valence-corrected chi connectivity index (χ2v) is 10.2. The molecule has 0 aliphatic carbocycles. The standard InChI is InChI=1S/C29H32ClNO4/c1-28(2,31-19-16-23(20-31)35-25-15-9-14-24(30)26(25)32)17-18-29(27(33)34,21-10-5-3-6-11-21)22-12-7-4-8-13-22/h3-15,23,32H,16-20H2,1-2H3,(H,33,34)/t23-/m1/s1. The van der Waals surface area contributed by atoms with Crippen molar-refractivity contribution >= 4 is 17.6 Å². The molecule has 0 amide bonds. The smallest absolute Gasteiger partial charge is 0.318 e. The van der Waals surface area contributed by atoms with Crippen LogP contribution < -0.4 is 4.74 Å². The van der Waals surface area contributed by atoms with Gasteiger partial charge in [0.1, 0.15) is 11.5 Å². The van der Waals surface area contributed by atoms with Gasteiger partial charge in [-0.25, -0.2) is 0 Å². The van der Waals surface area contributed by atoms with E-state index in [2.05, 4.69) is 18.7 Å². The maximum absolute atomic E-state index is 12.9. The van der Waals surface area contributed by atoms with Crippen molar-refractivity contribution in [2.75, 3.05) is 13.1 Å². The van der Waals surface area contributed by atoms with E-state index in [-0.39, 0.29) is 22.4 Å². The first-order valence-electron chi connectivity index (χ1n) is 12.0. The number of carbonyl (C=O) groups is 1. The van der Waals surface area contributed by atoms with Crippen molar-refractivity contribution in [2.45, 2.75) is 50.2 Å². The highest BCUT2D eigenvalue weighted by molar-refractivity contribution is 6.32. The van der Waals surface area contributed by atoms with Gasteiger partial charge in [-0.2, -0.15) is 0 Å². The summed E-state index contributed by atoms with van der Waals surface area (Å²) in [4.78, 5) is 15.3. The number of carboxylic acids is 1. The number of halogens is 1. The molecule has 1 heterocycles. The predicted octanol–water partition coefficient (Wildman–Crippen LogP) is 6.13. The van der Waals surface area contributed by atoms with Gasteiger partial charge in [-0.1, -0.05) is 78.3 Å². The highest BCUT2D eigenvalue weighted by atomic mass is 35.5. The van der Waals surface area contributed by atoms with Crippen LogP contribution in [0.1, 0.15) is 44.2 Å². The molecule has 5 nitrogen and oxygen atoms in total. The Balaban J connectivity index is 1.53. The summed E-state index contributed by atoms with van der Waals surface area (Å²) in [6.45, 7) is 5.84. The Kier molecular flexibility index (Phi) is 7.39. The molecule has 0 saturated carbocycles. The topological polar surface area (TPSA) is 70.0 Å². The van der Waals surface area contributed by atoms with Crippen LogP contribution in [-0.2, 0) is 10.2 Å². The van der Waals surface area contributed by atoms with E-state index in [0.717, 1.165) is 24.1 Å². The number of rotatable bonds is 9. The summed E-state index contributed by atoms with van der Waals surface area (Å²) in [5, 5.41) is 21.0. The van der Waals surface area contributed by atoms with E-state index in [1.807, 2.05) is 60.7 Å². The van der Waals surface area contributed by atoms with Crippen LogP contribution in [0.3, 0.4) is 0 Å². The minimum atomic E-state index is -1.14. The van der Waals surface area contributed by atoms with Crippen molar-refractivity contribution in [2.24, 2.45) is 0 Å². The van der Waals surface area contributed by atoms with Gasteiger partial charge >= 0.3 is 5.97 Å². The molecule has 3 aromatic carbocycles. The number of para-hydroxylation sites is 1. The number of phenols is 1. The third-order valence-corrected chi connectivity index (χ3v) is 7.56. The van der Waals surface area contributed by atoms with Crippen LogP contribution in [0.5, 0.6) is 11.5 Å². The van der Waals surface area contributed by atoms with Gasteiger partial charge in [-0.15, -0.1) is 0 Å². The molecule has 4 rings (SSSR count). The number of hydrogen-bond acceptors (Lipinski definition) is 4. The van der Waals surface area contributed by atoms with Crippen molar-refractivity contribution in [1.29, 1.82) is 0 Å². The van der Waals surface area contributed by atoms with Crippen LogP contribution in [0.2, 0.25) is 5.02 Å². The van der Waals surface area contributed by atoms with E-state index in [9.17, 15) is 15.0 Å². The fourth-order valence-electron chi connectivity index (χ4n) is 5.05. The number of aromatic hydroxyl groups is 1. The van der Waals surface area contributed by atoms with Crippen LogP contribution in [0.15, 0.2) is 78.9 Å². The van der Waals surface area contributed by atoms with Gasteiger partial charge in [0.15, 0.2) is 11.5 Å². The summed E-state index contributed by atoms with van der Waals surface area (Å²) in [6.07, 6.45) is 1.88. The zero-order chi connectivity index (χ0) is 25.1. The van der Waals surface area contributed by atoms with Crippen molar-refractivity contribution in [3.05, 3.63) is 95.0 Å². The zero-order valence-corrected chi connectivity index (χ0v) is 20.9. The van der Waals surface area contributed by atoms with E-state index in [0.29, 0.717) is 25.1 Å². The lowest BCUT2D eigenvalue weighted by molar-refractivity contribution is -0.142. The minimum Gasteiger partial charge on any atom is -0.503 e. The summed E-state index contributed by atoms with van der Waals surface area (Å²) < 4.78 is 6.06. The summed E-state index contributed by atoms with van der Waals surface area (Å²) in [7, 11) is 0. The van der Waals surface area contributed by atoms with Crippen LogP contribution in [0, 0.1) is 0 Å². The van der Waals surface area contributed by atoms with Gasteiger partial charge in [-0.3, -0.25) is 9.69 Å². The molecule has 1 fully saturated rings. The Morgan fingerprint density at radius 1 is 0.971 bits per heavy atom. The van der Waals surface area contributed by atoms with Gasteiger partial charge in [0.2, 0.25) is 0 Å². The highest BCUT2D eigenvalue weighted by Crippen LogP contribution is 2.41. The fraction of sp³-hybridized carbons (Fsp3) is 0.345. The fourth-order valence-corrected chi connectivity index (χ4v) is 5.22. The zero-order valence-electron chi connectivity index (χ0n) is 20.2. The maximum Gasteiger partial charge on any atom is 0.318 e. The first-order valence-corrected chi connectivity index (χ1v) is 12.4. The lowest BCUT2D eigenvalue weighted by atomic mass is 9.69. The van der Waals surface area contributed by atoms with Crippen LogP contribution in [0.4, 0.5) is 0 Å². The van der Waals surface area contributed by atoms with Crippen molar-refractivity contribution in [3.63, 3.8) is 0 Å². The van der Waals surface area contributed by atoms with Gasteiger partial charge in [0.25, 0.3) is 0 Å². The third-order valence-electron chi connectivity index (χ3n) is 7.25. The number of aliphatic carboxylic acids is 1. The van der Waals surface area contributed by atoms with Crippen molar-refractivity contribution < 1.29 is 19.7 Å². The second kappa shape index (κ2) is 10.3. The Morgan fingerprint density at radius 2 is 1.57 bits per heavy atom. The molecule has 184 valence electrons.